The Morgan fingerprint density at radius 2 is 1.27 bits per heavy atom. The molecule has 0 atom stereocenters. The van der Waals surface area contributed by atoms with Crippen LogP contribution in [-0.2, 0) is 0 Å². The van der Waals surface area contributed by atoms with Crippen molar-refractivity contribution >= 4 is 8.07 Å². The molecular formula is C13H27LiSi. The summed E-state index contributed by atoms with van der Waals surface area (Å²) in [6.07, 6.45) is 0. The molecule has 0 bridgehead atoms. The SMILES string of the molecule is C=C([CH2-])C[Si](C(C)C)(C(C)C)C(C)C.[Li+]. The Balaban J connectivity index is 0. The van der Waals surface area contributed by atoms with Gasteiger partial charge in [0.15, 0.2) is 0 Å². The molecular weight excluding hydrogens is 191 g/mol. The van der Waals surface area contributed by atoms with Gasteiger partial charge < -0.3 is 0 Å². The van der Waals surface area contributed by atoms with E-state index in [0.717, 1.165) is 22.2 Å². The molecule has 0 rings (SSSR count). The van der Waals surface area contributed by atoms with Gasteiger partial charge in [-0.15, -0.1) is 0 Å². The third kappa shape index (κ3) is 4.06. The molecule has 0 aromatic rings. The van der Waals surface area contributed by atoms with Crippen LogP contribution in [0.1, 0.15) is 41.5 Å². The average Bonchev–Trinajstić information content (AvgIpc) is 1.97. The van der Waals surface area contributed by atoms with Gasteiger partial charge in [0.25, 0.3) is 0 Å². The molecule has 0 aliphatic carbocycles. The van der Waals surface area contributed by atoms with E-state index < -0.39 is 8.07 Å². The van der Waals surface area contributed by atoms with Crippen LogP contribution >= 0.6 is 0 Å². The van der Waals surface area contributed by atoms with E-state index in [0.29, 0.717) is 0 Å². The van der Waals surface area contributed by atoms with Gasteiger partial charge in [0.1, 0.15) is 0 Å². The molecule has 0 saturated carbocycles. The van der Waals surface area contributed by atoms with Crippen LogP contribution in [0.5, 0.6) is 0 Å². The van der Waals surface area contributed by atoms with E-state index in [2.05, 4.69) is 55.0 Å². The number of rotatable bonds is 5. The summed E-state index contributed by atoms with van der Waals surface area (Å²) in [4.78, 5) is 0. The minimum absolute atomic E-state index is 0. The topological polar surface area (TPSA) is 0 Å². The Morgan fingerprint density at radius 3 is 1.33 bits per heavy atom. The van der Waals surface area contributed by atoms with E-state index in [1.165, 1.54) is 6.04 Å². The molecule has 0 aliphatic heterocycles. The molecule has 0 aliphatic rings. The van der Waals surface area contributed by atoms with Gasteiger partial charge in [0.2, 0.25) is 0 Å². The molecule has 84 valence electrons. The van der Waals surface area contributed by atoms with E-state index in [9.17, 15) is 0 Å². The van der Waals surface area contributed by atoms with Crippen LogP contribution in [0.4, 0.5) is 0 Å². The van der Waals surface area contributed by atoms with Gasteiger partial charge in [0, 0.05) is 0 Å². The van der Waals surface area contributed by atoms with Gasteiger partial charge in [-0.25, -0.2) is 19.1 Å². The maximum Gasteiger partial charge on any atom is 1.00 e. The molecule has 0 N–H and O–H groups in total. The van der Waals surface area contributed by atoms with Crippen LogP contribution in [0.15, 0.2) is 12.2 Å². The zero-order chi connectivity index (χ0) is 11.5. The maximum absolute atomic E-state index is 4.01. The first-order valence-electron chi connectivity index (χ1n) is 5.74. The predicted octanol–water partition coefficient (Wildman–Crippen LogP) is 2.06. The summed E-state index contributed by atoms with van der Waals surface area (Å²) in [6.45, 7) is 22.3. The third-order valence-electron chi connectivity index (χ3n) is 3.78. The fraction of sp³-hybridized carbons (Fsp3) is 0.769. The minimum Gasteiger partial charge on any atom is -0.242 e. The van der Waals surface area contributed by atoms with Crippen molar-refractivity contribution in [3.8, 4) is 0 Å². The van der Waals surface area contributed by atoms with Gasteiger partial charge in [-0.05, 0) is 0 Å². The molecule has 0 amide bonds. The summed E-state index contributed by atoms with van der Waals surface area (Å²) in [5.74, 6) is 0. The van der Waals surface area contributed by atoms with Gasteiger partial charge in [-0.1, -0.05) is 64.2 Å². The largest absolute Gasteiger partial charge is 1.00 e. The molecule has 0 aromatic carbocycles. The molecule has 0 heterocycles. The quantitative estimate of drug-likeness (QED) is 0.489. The van der Waals surface area contributed by atoms with E-state index >= 15 is 0 Å². The first kappa shape index (κ1) is 17.8. The monoisotopic (exact) mass is 218 g/mol. The second-order valence-corrected chi connectivity index (χ2v) is 11.5. The smallest absolute Gasteiger partial charge is 0.242 e. The molecule has 15 heavy (non-hydrogen) atoms. The molecule has 0 unspecified atom stereocenters. The molecule has 0 nitrogen and oxygen atoms in total. The van der Waals surface area contributed by atoms with E-state index in [4.69, 9.17) is 0 Å². The van der Waals surface area contributed by atoms with E-state index in [1.54, 1.807) is 0 Å². The van der Waals surface area contributed by atoms with Gasteiger partial charge in [-0.2, -0.15) is 0 Å². The van der Waals surface area contributed by atoms with Crippen LogP contribution in [0.2, 0.25) is 22.7 Å². The van der Waals surface area contributed by atoms with Gasteiger partial charge in [-0.3, -0.25) is 0 Å². The first-order chi connectivity index (χ1) is 6.25. The third-order valence-corrected chi connectivity index (χ3v) is 11.3. The van der Waals surface area contributed by atoms with Crippen molar-refractivity contribution < 1.29 is 18.9 Å². The molecule has 0 fully saturated rings. The average molecular weight is 218 g/mol. The van der Waals surface area contributed by atoms with Gasteiger partial charge >= 0.3 is 18.9 Å². The normalized spacial score (nSPS) is 12.1. The molecule has 0 saturated heterocycles. The van der Waals surface area contributed by atoms with Crippen molar-refractivity contribution in [3.63, 3.8) is 0 Å². The van der Waals surface area contributed by atoms with Crippen molar-refractivity contribution in [2.24, 2.45) is 0 Å². The Hall–Kier alpha value is 0.424. The Morgan fingerprint density at radius 1 is 1.00 bits per heavy atom. The van der Waals surface area contributed by atoms with Crippen molar-refractivity contribution in [3.05, 3.63) is 19.1 Å². The second-order valence-electron chi connectivity index (χ2n) is 5.50. The summed E-state index contributed by atoms with van der Waals surface area (Å²) in [5.41, 5.74) is 3.59. The standard InChI is InChI=1S/C13H27Si.Li/c1-10(2)9-14(11(3)4,12(5)6)13(7)8;/h11-13H,1-2,9H2,3-8H3;/q-1;+1. The summed E-state index contributed by atoms with van der Waals surface area (Å²) in [5, 5.41) is 0. The Bertz CT molecular complexity index is 173. The van der Waals surface area contributed by atoms with Crippen molar-refractivity contribution in [1.82, 2.24) is 0 Å². The molecule has 0 spiro atoms. The van der Waals surface area contributed by atoms with Crippen LogP contribution in [0.25, 0.3) is 0 Å². The van der Waals surface area contributed by atoms with Crippen molar-refractivity contribution in [2.45, 2.75) is 64.2 Å². The Kier molecular flexibility index (Phi) is 8.18. The van der Waals surface area contributed by atoms with Crippen LogP contribution < -0.4 is 18.9 Å². The number of allylic oxidation sites excluding steroid dienone is 1. The molecule has 0 radical (unpaired) electrons. The molecule has 2 heteroatoms. The zero-order valence-electron chi connectivity index (χ0n) is 11.9. The van der Waals surface area contributed by atoms with Crippen LogP contribution in [-0.4, -0.2) is 8.07 Å². The fourth-order valence-electron chi connectivity index (χ4n) is 3.05. The second kappa shape index (κ2) is 6.89. The summed E-state index contributed by atoms with van der Waals surface area (Å²) >= 11 is 0. The first-order valence-corrected chi connectivity index (χ1v) is 8.18. The maximum atomic E-state index is 4.01. The van der Waals surface area contributed by atoms with E-state index in [-0.39, 0.29) is 18.9 Å². The van der Waals surface area contributed by atoms with Crippen LogP contribution in [0.3, 0.4) is 0 Å². The van der Waals surface area contributed by atoms with Crippen molar-refractivity contribution in [1.29, 1.82) is 0 Å². The van der Waals surface area contributed by atoms with E-state index in [1.807, 2.05) is 0 Å². The van der Waals surface area contributed by atoms with Crippen LogP contribution in [0, 0.1) is 6.92 Å². The van der Waals surface area contributed by atoms with Gasteiger partial charge in [0.05, 0.1) is 8.07 Å². The Labute approximate surface area is 110 Å². The summed E-state index contributed by atoms with van der Waals surface area (Å²) in [7, 11) is -1.25. The minimum atomic E-state index is -1.25. The predicted molar refractivity (Wildman–Crippen MR) is 70.4 cm³/mol. The molecule has 0 aromatic heterocycles. The summed E-state index contributed by atoms with van der Waals surface area (Å²) in [6, 6.07) is 1.19. The summed E-state index contributed by atoms with van der Waals surface area (Å²) < 4.78 is 0. The zero-order valence-corrected chi connectivity index (χ0v) is 12.9. The fourth-order valence-corrected chi connectivity index (χ4v) is 9.14. The van der Waals surface area contributed by atoms with Crippen molar-refractivity contribution in [2.75, 3.05) is 0 Å². The number of hydrogen-bond donors (Lipinski definition) is 0. The number of hydrogen-bond acceptors (Lipinski definition) is 0.